The smallest absolute Gasteiger partial charge is 0.163 e. The summed E-state index contributed by atoms with van der Waals surface area (Å²) in [4.78, 5) is 1.29. The Hall–Kier alpha value is -2.19. The van der Waals surface area contributed by atoms with Crippen LogP contribution >= 0.6 is 11.3 Å². The number of thiophene rings is 1. The summed E-state index contributed by atoms with van der Waals surface area (Å²) in [5.74, 6) is 0. The first-order valence-corrected chi connectivity index (χ1v) is 8.42. The first kappa shape index (κ1) is 13.5. The molecular formula is C20H18NS+. The number of benzene rings is 1. The third kappa shape index (κ3) is 2.03. The molecule has 22 heavy (non-hydrogen) atoms. The molecule has 1 aliphatic heterocycles. The van der Waals surface area contributed by atoms with Crippen molar-refractivity contribution in [1.29, 1.82) is 0 Å². The van der Waals surface area contributed by atoms with Crippen molar-refractivity contribution in [2.75, 3.05) is 0 Å². The largest absolute Gasteiger partial charge is 0.215 e. The van der Waals surface area contributed by atoms with Gasteiger partial charge >= 0.3 is 0 Å². The van der Waals surface area contributed by atoms with Crippen LogP contribution < -0.4 is 4.57 Å². The summed E-state index contributed by atoms with van der Waals surface area (Å²) in [6, 6.07) is 17.4. The second-order valence-corrected chi connectivity index (χ2v) is 7.19. The summed E-state index contributed by atoms with van der Waals surface area (Å²) in [7, 11) is 0. The zero-order chi connectivity index (χ0) is 15.2. The summed E-state index contributed by atoms with van der Waals surface area (Å²) in [5, 5.41) is 2.11. The Kier molecular flexibility index (Phi) is 3.02. The van der Waals surface area contributed by atoms with E-state index in [1.54, 1.807) is 11.3 Å². The number of aromatic nitrogens is 1. The lowest BCUT2D eigenvalue weighted by Gasteiger charge is -2.14. The molecule has 2 aromatic heterocycles. The van der Waals surface area contributed by atoms with Crippen molar-refractivity contribution in [3.8, 4) is 5.69 Å². The molecular weight excluding hydrogens is 286 g/mol. The lowest BCUT2D eigenvalue weighted by Crippen LogP contribution is -2.34. The van der Waals surface area contributed by atoms with E-state index in [4.69, 9.17) is 0 Å². The molecule has 0 amide bonds. The van der Waals surface area contributed by atoms with Crippen molar-refractivity contribution in [2.24, 2.45) is 0 Å². The molecule has 0 aliphatic carbocycles. The van der Waals surface area contributed by atoms with Gasteiger partial charge in [0.15, 0.2) is 11.9 Å². The van der Waals surface area contributed by atoms with Crippen LogP contribution in [0.25, 0.3) is 17.8 Å². The highest BCUT2D eigenvalue weighted by Crippen LogP contribution is 2.37. The average molecular weight is 304 g/mol. The Morgan fingerprint density at radius 1 is 1.00 bits per heavy atom. The van der Waals surface area contributed by atoms with Gasteiger partial charge in [0.1, 0.15) is 0 Å². The maximum absolute atomic E-state index is 2.32. The van der Waals surface area contributed by atoms with Crippen molar-refractivity contribution in [2.45, 2.75) is 19.3 Å². The van der Waals surface area contributed by atoms with Crippen molar-refractivity contribution in [3.63, 3.8) is 0 Å². The zero-order valence-corrected chi connectivity index (χ0v) is 13.6. The number of para-hydroxylation sites is 1. The van der Waals surface area contributed by atoms with E-state index < -0.39 is 0 Å². The molecule has 108 valence electrons. The highest BCUT2D eigenvalue weighted by molar-refractivity contribution is 7.10. The Balaban J connectivity index is 1.79. The van der Waals surface area contributed by atoms with Gasteiger partial charge in [0, 0.05) is 28.6 Å². The highest BCUT2D eigenvalue weighted by atomic mass is 32.1. The fourth-order valence-electron chi connectivity index (χ4n) is 3.23. The first-order chi connectivity index (χ1) is 10.7. The number of hydrogen-bond acceptors (Lipinski definition) is 1. The monoisotopic (exact) mass is 304 g/mol. The minimum absolute atomic E-state index is 0.0450. The number of pyridine rings is 1. The quantitative estimate of drug-likeness (QED) is 0.597. The number of fused-ring (bicyclic) bond motifs is 3. The molecule has 0 N–H and O–H groups in total. The third-order valence-electron chi connectivity index (χ3n) is 4.44. The van der Waals surface area contributed by atoms with Gasteiger partial charge in [0.05, 0.1) is 5.41 Å². The van der Waals surface area contributed by atoms with Crippen LogP contribution in [0.1, 0.15) is 35.5 Å². The Bertz CT molecular complexity index is 857. The van der Waals surface area contributed by atoms with Gasteiger partial charge in [0.25, 0.3) is 0 Å². The Morgan fingerprint density at radius 3 is 2.68 bits per heavy atom. The average Bonchev–Trinajstić information content (AvgIpc) is 3.12. The topological polar surface area (TPSA) is 3.88 Å². The van der Waals surface area contributed by atoms with Crippen molar-refractivity contribution in [3.05, 3.63) is 81.8 Å². The predicted molar refractivity (Wildman–Crippen MR) is 93.3 cm³/mol. The van der Waals surface area contributed by atoms with E-state index in [0.717, 1.165) is 0 Å². The van der Waals surface area contributed by atoms with Crippen LogP contribution in [0.15, 0.2) is 60.1 Å². The lowest BCUT2D eigenvalue weighted by atomic mass is 9.83. The van der Waals surface area contributed by atoms with Gasteiger partial charge < -0.3 is 0 Å². The van der Waals surface area contributed by atoms with E-state index in [0.29, 0.717) is 0 Å². The molecule has 3 heterocycles. The van der Waals surface area contributed by atoms with E-state index in [2.05, 4.69) is 90.7 Å². The second-order valence-electron chi connectivity index (χ2n) is 6.21. The molecule has 1 nitrogen and oxygen atoms in total. The molecule has 2 heteroatoms. The van der Waals surface area contributed by atoms with Gasteiger partial charge in [0.2, 0.25) is 5.69 Å². The molecule has 0 fully saturated rings. The maximum atomic E-state index is 2.32. The molecule has 1 aromatic carbocycles. The zero-order valence-electron chi connectivity index (χ0n) is 12.8. The van der Waals surface area contributed by atoms with Crippen molar-refractivity contribution in [1.82, 2.24) is 0 Å². The predicted octanol–water partition coefficient (Wildman–Crippen LogP) is 4.83. The van der Waals surface area contributed by atoms with E-state index in [9.17, 15) is 0 Å². The molecule has 0 saturated heterocycles. The van der Waals surface area contributed by atoms with Crippen LogP contribution in [0, 0.1) is 0 Å². The molecule has 0 radical (unpaired) electrons. The Labute approximate surface area is 135 Å². The maximum Gasteiger partial charge on any atom is 0.215 e. The first-order valence-electron chi connectivity index (χ1n) is 7.54. The molecule has 3 aromatic rings. The van der Waals surface area contributed by atoms with Crippen LogP contribution in [0.4, 0.5) is 0 Å². The molecule has 0 bridgehead atoms. The van der Waals surface area contributed by atoms with Crippen LogP contribution in [-0.2, 0) is 5.41 Å². The van der Waals surface area contributed by atoms with Crippen LogP contribution in [-0.4, -0.2) is 0 Å². The van der Waals surface area contributed by atoms with E-state index in [1.165, 1.54) is 27.4 Å². The van der Waals surface area contributed by atoms with Crippen LogP contribution in [0.3, 0.4) is 0 Å². The number of rotatable bonds is 2. The Morgan fingerprint density at radius 2 is 1.86 bits per heavy atom. The molecule has 0 spiro atoms. The van der Waals surface area contributed by atoms with Gasteiger partial charge in [-0.05, 0) is 36.9 Å². The minimum Gasteiger partial charge on any atom is -0.163 e. The van der Waals surface area contributed by atoms with E-state index in [-0.39, 0.29) is 5.41 Å². The highest BCUT2D eigenvalue weighted by Gasteiger charge is 2.43. The summed E-state index contributed by atoms with van der Waals surface area (Å²) in [6.45, 7) is 4.61. The van der Waals surface area contributed by atoms with Gasteiger partial charge in [-0.3, -0.25) is 0 Å². The van der Waals surface area contributed by atoms with Crippen molar-refractivity contribution < 1.29 is 4.57 Å². The van der Waals surface area contributed by atoms with Gasteiger partial charge in [-0.2, -0.15) is 4.57 Å². The SMILES string of the molecule is CC1(C)c2ccccc2-[n+]2ccc(/C=C/c3cccs3)cc21. The molecule has 4 rings (SSSR count). The van der Waals surface area contributed by atoms with Gasteiger partial charge in [-0.25, -0.2) is 0 Å². The number of nitrogens with zero attached hydrogens (tertiary/aromatic N) is 1. The molecule has 1 aliphatic rings. The lowest BCUT2D eigenvalue weighted by molar-refractivity contribution is -0.599. The van der Waals surface area contributed by atoms with E-state index in [1.807, 2.05) is 0 Å². The van der Waals surface area contributed by atoms with Crippen LogP contribution in [0.5, 0.6) is 0 Å². The fraction of sp³-hybridized carbons (Fsp3) is 0.150. The fourth-order valence-corrected chi connectivity index (χ4v) is 3.84. The summed E-state index contributed by atoms with van der Waals surface area (Å²) < 4.78 is 2.32. The van der Waals surface area contributed by atoms with Gasteiger partial charge in [-0.15, -0.1) is 11.3 Å². The van der Waals surface area contributed by atoms with Crippen molar-refractivity contribution >= 4 is 23.5 Å². The third-order valence-corrected chi connectivity index (χ3v) is 5.28. The second kappa shape index (κ2) is 4.92. The molecule has 0 unspecified atom stereocenters. The summed E-state index contributed by atoms with van der Waals surface area (Å²) in [6.07, 6.45) is 6.58. The normalized spacial score (nSPS) is 15.0. The summed E-state index contributed by atoms with van der Waals surface area (Å²) in [5.41, 5.74) is 5.34. The van der Waals surface area contributed by atoms with E-state index >= 15 is 0 Å². The molecule has 0 atom stereocenters. The molecule has 0 saturated carbocycles. The van der Waals surface area contributed by atoms with Crippen LogP contribution in [0.2, 0.25) is 0 Å². The van der Waals surface area contributed by atoms with Gasteiger partial charge in [-0.1, -0.05) is 30.3 Å². The minimum atomic E-state index is 0.0450. The standard InChI is InChI=1S/C20H18NS/c1-20(2)17-7-3-4-8-18(17)21-12-11-15(14-19(20)21)9-10-16-6-5-13-22-16/h3-14H,1-2H3/q+1/b10-9+. The number of hydrogen-bond donors (Lipinski definition) is 0. The summed E-state index contributed by atoms with van der Waals surface area (Å²) >= 11 is 1.77.